The summed E-state index contributed by atoms with van der Waals surface area (Å²) in [5, 5.41) is 5.00. The maximum atomic E-state index is 12.3. The molecule has 0 aliphatic heterocycles. The Balaban J connectivity index is 1.57. The fraction of sp³-hybridized carbons (Fsp3) is 0. The van der Waals surface area contributed by atoms with Crippen LogP contribution in [0.1, 0.15) is 10.4 Å². The van der Waals surface area contributed by atoms with Gasteiger partial charge in [-0.25, -0.2) is 0 Å². The number of amides is 1. The monoisotopic (exact) mass is 357 g/mol. The topological polar surface area (TPSA) is 54.9 Å². The number of carbonyl (C=O) groups is 1. The predicted octanol–water partition coefficient (Wildman–Crippen LogP) is 5.12. The van der Waals surface area contributed by atoms with E-state index in [0.717, 1.165) is 21.6 Å². The minimum atomic E-state index is -0.147. The molecule has 1 aromatic carbocycles. The lowest BCUT2D eigenvalue weighted by atomic mass is 10.1. The summed E-state index contributed by atoms with van der Waals surface area (Å²) < 4.78 is 0. The van der Waals surface area contributed by atoms with Gasteiger partial charge < -0.3 is 5.32 Å². The first-order valence-electron chi connectivity index (χ1n) is 8.10. The van der Waals surface area contributed by atoms with Crippen molar-refractivity contribution in [1.29, 1.82) is 0 Å². The van der Waals surface area contributed by atoms with Crippen molar-refractivity contribution >= 4 is 22.9 Å². The van der Waals surface area contributed by atoms with E-state index in [1.54, 1.807) is 42.1 Å². The molecule has 4 aromatic rings. The molecule has 3 aromatic heterocycles. The van der Waals surface area contributed by atoms with Crippen molar-refractivity contribution in [2.75, 3.05) is 5.32 Å². The number of thiophene rings is 1. The Morgan fingerprint density at radius 1 is 0.846 bits per heavy atom. The van der Waals surface area contributed by atoms with Gasteiger partial charge in [0, 0.05) is 40.2 Å². The van der Waals surface area contributed by atoms with Gasteiger partial charge in [0.15, 0.2) is 0 Å². The summed E-state index contributed by atoms with van der Waals surface area (Å²) in [6.07, 6.45) is 7.07. The van der Waals surface area contributed by atoms with Gasteiger partial charge in [0.25, 0.3) is 5.91 Å². The van der Waals surface area contributed by atoms with Crippen LogP contribution < -0.4 is 5.32 Å². The van der Waals surface area contributed by atoms with Crippen molar-refractivity contribution in [2.45, 2.75) is 0 Å². The van der Waals surface area contributed by atoms with Gasteiger partial charge in [-0.3, -0.25) is 14.8 Å². The van der Waals surface area contributed by atoms with E-state index in [0.29, 0.717) is 11.3 Å². The van der Waals surface area contributed by atoms with E-state index < -0.39 is 0 Å². The minimum Gasteiger partial charge on any atom is -0.321 e. The molecule has 0 unspecified atom stereocenters. The van der Waals surface area contributed by atoms with Crippen LogP contribution in [0.15, 0.2) is 84.8 Å². The Hall–Kier alpha value is -3.31. The van der Waals surface area contributed by atoms with Crippen molar-refractivity contribution in [3.63, 3.8) is 0 Å². The molecule has 5 heteroatoms. The van der Waals surface area contributed by atoms with E-state index in [9.17, 15) is 4.79 Å². The standard InChI is InChI=1S/C21H15N3OS/c25-21(15-5-2-1-3-6-15)24-19-9-17(12-23-13-19)20-10-18(14-26-20)16-7-4-8-22-11-16/h1-14H,(H,24,25). The molecule has 0 bridgehead atoms. The molecule has 0 aliphatic carbocycles. The van der Waals surface area contributed by atoms with Gasteiger partial charge in [-0.15, -0.1) is 11.3 Å². The second-order valence-electron chi connectivity index (χ2n) is 5.72. The number of nitrogens with zero attached hydrogens (tertiary/aromatic N) is 2. The van der Waals surface area contributed by atoms with Gasteiger partial charge in [0.05, 0.1) is 11.9 Å². The number of carbonyl (C=O) groups excluding carboxylic acids is 1. The molecule has 126 valence electrons. The number of pyridine rings is 2. The number of hydrogen-bond acceptors (Lipinski definition) is 4. The van der Waals surface area contributed by atoms with Gasteiger partial charge >= 0.3 is 0 Å². The van der Waals surface area contributed by atoms with Gasteiger partial charge in [-0.1, -0.05) is 24.3 Å². The normalized spacial score (nSPS) is 10.5. The maximum Gasteiger partial charge on any atom is 0.255 e. The van der Waals surface area contributed by atoms with Crippen molar-refractivity contribution in [2.24, 2.45) is 0 Å². The highest BCUT2D eigenvalue weighted by Gasteiger charge is 2.09. The van der Waals surface area contributed by atoms with Crippen molar-refractivity contribution in [3.8, 4) is 21.6 Å². The van der Waals surface area contributed by atoms with Gasteiger partial charge in [0.1, 0.15) is 0 Å². The molecule has 4 nitrogen and oxygen atoms in total. The maximum absolute atomic E-state index is 12.3. The van der Waals surface area contributed by atoms with Gasteiger partial charge in [-0.2, -0.15) is 0 Å². The second-order valence-corrected chi connectivity index (χ2v) is 6.64. The smallest absolute Gasteiger partial charge is 0.255 e. The van der Waals surface area contributed by atoms with Crippen LogP contribution in [-0.4, -0.2) is 15.9 Å². The third kappa shape index (κ3) is 3.53. The summed E-state index contributed by atoms with van der Waals surface area (Å²) >= 11 is 1.64. The van der Waals surface area contributed by atoms with Gasteiger partial charge in [0.2, 0.25) is 0 Å². The van der Waals surface area contributed by atoms with Crippen LogP contribution in [0, 0.1) is 0 Å². The lowest BCUT2D eigenvalue weighted by molar-refractivity contribution is 0.102. The third-order valence-corrected chi connectivity index (χ3v) is 4.89. The number of aromatic nitrogens is 2. The van der Waals surface area contributed by atoms with E-state index >= 15 is 0 Å². The Bertz CT molecular complexity index is 1030. The zero-order valence-corrected chi connectivity index (χ0v) is 14.6. The zero-order chi connectivity index (χ0) is 17.8. The largest absolute Gasteiger partial charge is 0.321 e. The zero-order valence-electron chi connectivity index (χ0n) is 13.8. The summed E-state index contributed by atoms with van der Waals surface area (Å²) in [4.78, 5) is 21.8. The number of nitrogens with one attached hydrogen (secondary N) is 1. The highest BCUT2D eigenvalue weighted by Crippen LogP contribution is 2.32. The number of anilines is 1. The van der Waals surface area contributed by atoms with E-state index in [2.05, 4.69) is 26.7 Å². The summed E-state index contributed by atoms with van der Waals surface area (Å²) in [7, 11) is 0. The molecule has 0 radical (unpaired) electrons. The SMILES string of the molecule is O=C(Nc1cncc(-c2cc(-c3cccnc3)cs2)c1)c1ccccc1. The highest BCUT2D eigenvalue weighted by molar-refractivity contribution is 7.14. The number of benzene rings is 1. The molecule has 0 saturated heterocycles. The highest BCUT2D eigenvalue weighted by atomic mass is 32.1. The fourth-order valence-electron chi connectivity index (χ4n) is 2.61. The van der Waals surface area contributed by atoms with Crippen LogP contribution >= 0.6 is 11.3 Å². The predicted molar refractivity (Wildman–Crippen MR) is 105 cm³/mol. The van der Waals surface area contributed by atoms with E-state index in [4.69, 9.17) is 0 Å². The van der Waals surface area contributed by atoms with Crippen molar-refractivity contribution in [3.05, 3.63) is 90.3 Å². The molecule has 0 aliphatic rings. The summed E-state index contributed by atoms with van der Waals surface area (Å²) in [6.45, 7) is 0. The average Bonchev–Trinajstić information content (AvgIpc) is 3.20. The molecule has 1 N–H and O–H groups in total. The Morgan fingerprint density at radius 3 is 2.50 bits per heavy atom. The molecular formula is C21H15N3OS. The van der Waals surface area contributed by atoms with Crippen LogP contribution in [0.3, 0.4) is 0 Å². The van der Waals surface area contributed by atoms with Crippen LogP contribution in [0.4, 0.5) is 5.69 Å². The fourth-order valence-corrected chi connectivity index (χ4v) is 3.51. The Labute approximate surface area is 155 Å². The third-order valence-electron chi connectivity index (χ3n) is 3.91. The molecule has 4 rings (SSSR count). The Kier molecular flexibility index (Phi) is 4.53. The lowest BCUT2D eigenvalue weighted by Gasteiger charge is -2.06. The minimum absolute atomic E-state index is 0.147. The van der Waals surface area contributed by atoms with Crippen LogP contribution in [0.25, 0.3) is 21.6 Å². The van der Waals surface area contributed by atoms with Crippen molar-refractivity contribution < 1.29 is 4.79 Å². The molecule has 0 fully saturated rings. The number of rotatable bonds is 4. The average molecular weight is 357 g/mol. The van der Waals surface area contributed by atoms with Crippen molar-refractivity contribution in [1.82, 2.24) is 9.97 Å². The van der Waals surface area contributed by atoms with Gasteiger partial charge in [-0.05, 0) is 41.3 Å². The molecule has 3 heterocycles. The first-order chi connectivity index (χ1) is 12.8. The summed E-state index contributed by atoms with van der Waals surface area (Å²) in [5.74, 6) is -0.147. The first kappa shape index (κ1) is 16.2. The van der Waals surface area contributed by atoms with E-state index in [1.165, 1.54) is 0 Å². The summed E-state index contributed by atoms with van der Waals surface area (Å²) in [5.41, 5.74) is 4.46. The molecule has 1 amide bonds. The molecular weight excluding hydrogens is 342 g/mol. The molecule has 0 spiro atoms. The first-order valence-corrected chi connectivity index (χ1v) is 8.98. The lowest BCUT2D eigenvalue weighted by Crippen LogP contribution is -2.11. The number of hydrogen-bond donors (Lipinski definition) is 1. The van der Waals surface area contributed by atoms with Crippen LogP contribution in [-0.2, 0) is 0 Å². The Morgan fingerprint density at radius 2 is 1.69 bits per heavy atom. The van der Waals surface area contributed by atoms with Crippen LogP contribution in [0.5, 0.6) is 0 Å². The molecule has 0 saturated carbocycles. The van der Waals surface area contributed by atoms with E-state index in [-0.39, 0.29) is 5.91 Å². The summed E-state index contributed by atoms with van der Waals surface area (Å²) in [6, 6.07) is 17.1. The quantitative estimate of drug-likeness (QED) is 0.551. The molecule has 26 heavy (non-hydrogen) atoms. The van der Waals surface area contributed by atoms with E-state index in [1.807, 2.05) is 42.6 Å². The van der Waals surface area contributed by atoms with Crippen LogP contribution in [0.2, 0.25) is 0 Å². The second kappa shape index (κ2) is 7.29. The molecule has 0 atom stereocenters.